The molecule has 0 radical (unpaired) electrons. The predicted molar refractivity (Wildman–Crippen MR) is 158 cm³/mol. The van der Waals surface area contributed by atoms with Gasteiger partial charge in [-0.25, -0.2) is 9.97 Å². The molecule has 7 rings (SSSR count). The van der Waals surface area contributed by atoms with Crippen molar-refractivity contribution < 1.29 is 0 Å². The second kappa shape index (κ2) is 9.19. The number of hydrogen-bond donors (Lipinski definition) is 0. The number of rotatable bonds is 3. The van der Waals surface area contributed by atoms with Gasteiger partial charge in [0.25, 0.3) is 0 Å². The quantitative estimate of drug-likeness (QED) is 0.221. The third kappa shape index (κ3) is 3.99. The first-order valence-corrected chi connectivity index (χ1v) is 13.3. The number of aromatic nitrogens is 2. The average molecular weight is 515 g/mol. The Labute approximate surface area is 228 Å². The Kier molecular flexibility index (Phi) is 5.37. The summed E-state index contributed by atoms with van der Waals surface area (Å²) >= 11 is 1.52. The zero-order valence-corrected chi connectivity index (χ0v) is 21.4. The van der Waals surface area contributed by atoms with Crippen LogP contribution in [0.3, 0.4) is 0 Å². The van der Waals surface area contributed by atoms with Gasteiger partial charge in [-0.15, -0.1) is 11.3 Å². The SMILES string of the molecule is N#Cc1cc(-c2ccc(-c3nc4ccccc4c4ccccc34)cc2)cc(-c2nc3ccc(C#N)cc3s2)c1. The molecule has 0 saturated carbocycles. The Morgan fingerprint density at radius 1 is 0.513 bits per heavy atom. The molecule has 0 unspecified atom stereocenters. The van der Waals surface area contributed by atoms with Crippen LogP contribution in [0.15, 0.2) is 109 Å². The summed E-state index contributed by atoms with van der Waals surface area (Å²) in [5.74, 6) is 0. The molecule has 0 saturated heterocycles. The molecule has 180 valence electrons. The Morgan fingerprint density at radius 3 is 2.00 bits per heavy atom. The van der Waals surface area contributed by atoms with Gasteiger partial charge in [0, 0.05) is 21.9 Å². The van der Waals surface area contributed by atoms with Gasteiger partial charge in [0.05, 0.1) is 44.7 Å². The van der Waals surface area contributed by atoms with Crippen LogP contribution in [0.4, 0.5) is 0 Å². The van der Waals surface area contributed by atoms with E-state index in [1.807, 2.05) is 36.4 Å². The van der Waals surface area contributed by atoms with Gasteiger partial charge in [-0.3, -0.25) is 0 Å². The number of hydrogen-bond acceptors (Lipinski definition) is 5. The maximum atomic E-state index is 9.76. The van der Waals surface area contributed by atoms with E-state index in [9.17, 15) is 10.5 Å². The smallest absolute Gasteiger partial charge is 0.124 e. The Hall–Kier alpha value is -5.36. The molecule has 7 aromatic rings. The zero-order valence-electron chi connectivity index (χ0n) is 20.6. The number of benzene rings is 5. The van der Waals surface area contributed by atoms with Crippen molar-refractivity contribution in [2.24, 2.45) is 0 Å². The van der Waals surface area contributed by atoms with Crippen molar-refractivity contribution in [3.63, 3.8) is 0 Å². The van der Waals surface area contributed by atoms with Crippen molar-refractivity contribution in [2.45, 2.75) is 0 Å². The lowest BCUT2D eigenvalue weighted by Crippen LogP contribution is -1.90. The fourth-order valence-corrected chi connectivity index (χ4v) is 6.04. The number of nitrogens with zero attached hydrogens (tertiary/aromatic N) is 4. The van der Waals surface area contributed by atoms with Crippen LogP contribution in [0, 0.1) is 22.7 Å². The van der Waals surface area contributed by atoms with Crippen LogP contribution in [0.25, 0.3) is 64.8 Å². The predicted octanol–water partition coefficient (Wildman–Crippen LogP) is 8.74. The van der Waals surface area contributed by atoms with Gasteiger partial charge in [-0.05, 0) is 59.0 Å². The van der Waals surface area contributed by atoms with Crippen LogP contribution in [0.2, 0.25) is 0 Å². The minimum Gasteiger partial charge on any atom is -0.247 e. The Balaban J connectivity index is 1.31. The number of pyridine rings is 1. The number of nitriles is 2. The highest BCUT2D eigenvalue weighted by atomic mass is 32.1. The molecule has 0 aliphatic carbocycles. The molecule has 2 aromatic heterocycles. The lowest BCUT2D eigenvalue weighted by atomic mass is 9.96. The monoisotopic (exact) mass is 514 g/mol. The molecule has 39 heavy (non-hydrogen) atoms. The zero-order chi connectivity index (χ0) is 26.3. The molecular weight excluding hydrogens is 496 g/mol. The van der Waals surface area contributed by atoms with Gasteiger partial charge < -0.3 is 0 Å². The lowest BCUT2D eigenvalue weighted by molar-refractivity contribution is 1.42. The first-order chi connectivity index (χ1) is 19.2. The van der Waals surface area contributed by atoms with E-state index in [1.54, 1.807) is 6.07 Å². The molecule has 0 spiro atoms. The van der Waals surface area contributed by atoms with Gasteiger partial charge in [0.15, 0.2) is 0 Å². The molecule has 4 nitrogen and oxygen atoms in total. The maximum absolute atomic E-state index is 9.76. The average Bonchev–Trinajstić information content (AvgIpc) is 3.44. The summed E-state index contributed by atoms with van der Waals surface area (Å²) in [6.45, 7) is 0. The summed E-state index contributed by atoms with van der Waals surface area (Å²) in [5.41, 5.74) is 7.83. The minimum absolute atomic E-state index is 0.575. The van der Waals surface area contributed by atoms with E-state index in [0.29, 0.717) is 11.1 Å². The van der Waals surface area contributed by atoms with Gasteiger partial charge in [-0.2, -0.15) is 10.5 Å². The number of para-hydroxylation sites is 1. The van der Waals surface area contributed by atoms with Crippen molar-refractivity contribution in [1.29, 1.82) is 10.5 Å². The van der Waals surface area contributed by atoms with E-state index in [0.717, 1.165) is 59.5 Å². The van der Waals surface area contributed by atoms with E-state index < -0.39 is 0 Å². The standard InChI is InChI=1S/C34H18N4S/c35-19-21-9-14-31-32(17-21)39-34(38-31)26-16-22(20-36)15-25(18-26)23-10-12-24(13-11-23)33-29-7-2-1-5-27(29)28-6-3-4-8-30(28)37-33/h1-18H. The number of fused-ring (bicyclic) bond motifs is 4. The minimum atomic E-state index is 0.575. The molecule has 0 amide bonds. The third-order valence-electron chi connectivity index (χ3n) is 6.93. The fraction of sp³-hybridized carbons (Fsp3) is 0. The van der Waals surface area contributed by atoms with Crippen LogP contribution < -0.4 is 0 Å². The normalized spacial score (nSPS) is 11.0. The fourth-order valence-electron chi connectivity index (χ4n) is 5.04. The van der Waals surface area contributed by atoms with Crippen LogP contribution in [-0.2, 0) is 0 Å². The van der Waals surface area contributed by atoms with Crippen LogP contribution in [-0.4, -0.2) is 9.97 Å². The van der Waals surface area contributed by atoms with E-state index in [-0.39, 0.29) is 0 Å². The summed E-state index contributed by atoms with van der Waals surface area (Å²) in [5, 5.41) is 23.3. The Morgan fingerprint density at radius 2 is 1.21 bits per heavy atom. The van der Waals surface area contributed by atoms with Crippen molar-refractivity contribution in [3.05, 3.63) is 120 Å². The van der Waals surface area contributed by atoms with Gasteiger partial charge in [0.1, 0.15) is 5.01 Å². The van der Waals surface area contributed by atoms with Crippen LogP contribution in [0.1, 0.15) is 11.1 Å². The van der Waals surface area contributed by atoms with Crippen LogP contribution in [0.5, 0.6) is 0 Å². The summed E-state index contributed by atoms with van der Waals surface area (Å²) in [6, 6.07) is 40.8. The van der Waals surface area contributed by atoms with E-state index in [4.69, 9.17) is 9.97 Å². The molecule has 0 bridgehead atoms. The van der Waals surface area contributed by atoms with Crippen molar-refractivity contribution in [1.82, 2.24) is 9.97 Å². The second-order valence-corrected chi connectivity index (χ2v) is 10.4. The van der Waals surface area contributed by atoms with Gasteiger partial charge in [0.2, 0.25) is 0 Å². The topological polar surface area (TPSA) is 73.4 Å². The highest BCUT2D eigenvalue weighted by Gasteiger charge is 2.13. The third-order valence-corrected chi connectivity index (χ3v) is 7.99. The summed E-state index contributed by atoms with van der Waals surface area (Å²) in [7, 11) is 0. The molecule has 5 aromatic carbocycles. The molecule has 2 heterocycles. The van der Waals surface area contributed by atoms with Crippen molar-refractivity contribution >= 4 is 43.2 Å². The van der Waals surface area contributed by atoms with Gasteiger partial charge >= 0.3 is 0 Å². The molecule has 0 atom stereocenters. The van der Waals surface area contributed by atoms with E-state index in [1.165, 1.54) is 16.7 Å². The highest BCUT2D eigenvalue weighted by molar-refractivity contribution is 7.21. The van der Waals surface area contributed by atoms with E-state index in [2.05, 4.69) is 78.9 Å². The Bertz CT molecular complexity index is 2140. The first kappa shape index (κ1) is 22.8. The summed E-state index contributed by atoms with van der Waals surface area (Å²) < 4.78 is 0.951. The lowest BCUT2D eigenvalue weighted by Gasteiger charge is -2.11. The first-order valence-electron chi connectivity index (χ1n) is 12.4. The highest BCUT2D eigenvalue weighted by Crippen LogP contribution is 2.36. The largest absolute Gasteiger partial charge is 0.247 e. The second-order valence-electron chi connectivity index (χ2n) is 9.32. The van der Waals surface area contributed by atoms with Crippen molar-refractivity contribution in [2.75, 3.05) is 0 Å². The van der Waals surface area contributed by atoms with Gasteiger partial charge in [-0.1, -0.05) is 66.7 Å². The number of thiazole rings is 1. The molecule has 0 aliphatic heterocycles. The molecular formula is C34H18N4S. The summed E-state index contributed by atoms with van der Waals surface area (Å²) in [4.78, 5) is 9.79. The van der Waals surface area contributed by atoms with Crippen molar-refractivity contribution in [3.8, 4) is 45.1 Å². The molecule has 5 heteroatoms. The molecule has 0 aliphatic rings. The van der Waals surface area contributed by atoms with Crippen LogP contribution >= 0.6 is 11.3 Å². The molecule has 0 fully saturated rings. The summed E-state index contributed by atoms with van der Waals surface area (Å²) in [6.07, 6.45) is 0. The van der Waals surface area contributed by atoms with E-state index >= 15 is 0 Å². The maximum Gasteiger partial charge on any atom is 0.124 e. The molecule has 0 N–H and O–H groups in total.